The molecule has 0 unspecified atom stereocenters. The molecule has 6 heteroatoms. The second kappa shape index (κ2) is 7.62. The van der Waals surface area contributed by atoms with Crippen molar-refractivity contribution in [1.82, 2.24) is 20.2 Å². The third kappa shape index (κ3) is 3.13. The molecule has 1 fully saturated rings. The predicted molar refractivity (Wildman–Crippen MR) is 110 cm³/mol. The molecule has 0 bridgehead atoms. The number of para-hydroxylation sites is 3. The number of anilines is 1. The summed E-state index contributed by atoms with van der Waals surface area (Å²) in [7, 11) is 1.70. The van der Waals surface area contributed by atoms with Crippen LogP contribution in [0.15, 0.2) is 42.5 Å². The van der Waals surface area contributed by atoms with Crippen LogP contribution in [-0.2, 0) is 12.0 Å². The summed E-state index contributed by atoms with van der Waals surface area (Å²) < 4.78 is 7.51. The summed E-state index contributed by atoms with van der Waals surface area (Å²) in [4.78, 5) is 0. The van der Waals surface area contributed by atoms with E-state index in [-0.39, 0.29) is 5.54 Å². The van der Waals surface area contributed by atoms with E-state index in [0.717, 1.165) is 55.1 Å². The highest BCUT2D eigenvalue weighted by molar-refractivity contribution is 5.59. The van der Waals surface area contributed by atoms with Crippen molar-refractivity contribution < 1.29 is 4.74 Å². The average Bonchev–Trinajstić information content (AvgIpc) is 3.38. The molecule has 0 aliphatic heterocycles. The highest BCUT2D eigenvalue weighted by Gasteiger charge is 2.41. The Labute approximate surface area is 165 Å². The number of tetrazole rings is 1. The number of rotatable bonds is 6. The Hall–Kier alpha value is -2.89. The molecule has 0 spiro atoms. The molecule has 146 valence electrons. The van der Waals surface area contributed by atoms with Crippen molar-refractivity contribution in [2.75, 3.05) is 12.4 Å². The molecule has 1 saturated carbocycles. The number of ether oxygens (including phenoxy) is 1. The lowest BCUT2D eigenvalue weighted by molar-refractivity contribution is 0.409. The van der Waals surface area contributed by atoms with Crippen molar-refractivity contribution in [3.05, 3.63) is 59.4 Å². The lowest BCUT2D eigenvalue weighted by atomic mass is 9.95. The predicted octanol–water partition coefficient (Wildman–Crippen LogP) is 4.42. The van der Waals surface area contributed by atoms with Crippen LogP contribution in [0.2, 0.25) is 0 Å². The Morgan fingerprint density at radius 3 is 2.64 bits per heavy atom. The fraction of sp³-hybridized carbons (Fsp3) is 0.409. The molecule has 3 aromatic rings. The summed E-state index contributed by atoms with van der Waals surface area (Å²) in [5.41, 5.74) is 4.18. The van der Waals surface area contributed by atoms with E-state index in [2.05, 4.69) is 59.0 Å². The monoisotopic (exact) mass is 377 g/mol. The van der Waals surface area contributed by atoms with Gasteiger partial charge < -0.3 is 10.1 Å². The molecule has 1 aliphatic rings. The summed E-state index contributed by atoms with van der Waals surface area (Å²) in [5, 5.41) is 16.8. The van der Waals surface area contributed by atoms with Crippen LogP contribution >= 0.6 is 0 Å². The van der Waals surface area contributed by atoms with Crippen LogP contribution in [0.5, 0.6) is 5.75 Å². The van der Waals surface area contributed by atoms with Crippen molar-refractivity contribution in [3.8, 4) is 11.4 Å². The summed E-state index contributed by atoms with van der Waals surface area (Å²) >= 11 is 0. The van der Waals surface area contributed by atoms with Crippen molar-refractivity contribution in [2.24, 2.45) is 0 Å². The van der Waals surface area contributed by atoms with Crippen LogP contribution in [0.25, 0.3) is 5.69 Å². The molecule has 1 N–H and O–H groups in total. The zero-order chi connectivity index (χ0) is 19.6. The van der Waals surface area contributed by atoms with Gasteiger partial charge in [-0.2, -0.15) is 4.68 Å². The Balaban J connectivity index is 1.83. The SMILES string of the molecule is CCc1cccc(C)c1-n1nnnc1C1(Nc2ccccc2OC)CCCC1. The van der Waals surface area contributed by atoms with Gasteiger partial charge in [-0.3, -0.25) is 0 Å². The van der Waals surface area contributed by atoms with Crippen molar-refractivity contribution >= 4 is 5.69 Å². The maximum absolute atomic E-state index is 5.57. The first-order chi connectivity index (χ1) is 13.7. The first-order valence-electron chi connectivity index (χ1n) is 9.97. The molecule has 28 heavy (non-hydrogen) atoms. The molecule has 1 aromatic heterocycles. The summed E-state index contributed by atoms with van der Waals surface area (Å²) in [5.74, 6) is 1.71. The van der Waals surface area contributed by atoms with Crippen LogP contribution in [0.1, 0.15) is 49.6 Å². The minimum Gasteiger partial charge on any atom is -0.495 e. The average molecular weight is 377 g/mol. The molecule has 1 heterocycles. The quantitative estimate of drug-likeness (QED) is 0.689. The van der Waals surface area contributed by atoms with E-state index in [4.69, 9.17) is 4.74 Å². The zero-order valence-electron chi connectivity index (χ0n) is 16.8. The van der Waals surface area contributed by atoms with E-state index in [0.29, 0.717) is 0 Å². The van der Waals surface area contributed by atoms with Gasteiger partial charge in [-0.05, 0) is 59.9 Å². The standard InChI is InChI=1S/C22H27N5O/c1-4-17-11-9-10-16(2)20(17)27-21(24-25-26-27)22(14-7-8-15-22)23-18-12-5-6-13-19(18)28-3/h5-6,9-13,23H,4,7-8,14-15H2,1-3H3. The molecule has 1 aliphatic carbocycles. The summed E-state index contributed by atoms with van der Waals surface area (Å²) in [6, 6.07) is 14.4. The van der Waals surface area contributed by atoms with Gasteiger partial charge >= 0.3 is 0 Å². The Morgan fingerprint density at radius 1 is 1.11 bits per heavy atom. The van der Waals surface area contributed by atoms with Crippen molar-refractivity contribution in [3.63, 3.8) is 0 Å². The molecule has 0 amide bonds. The Morgan fingerprint density at radius 2 is 1.89 bits per heavy atom. The molecule has 6 nitrogen and oxygen atoms in total. The molecular weight excluding hydrogens is 350 g/mol. The maximum Gasteiger partial charge on any atom is 0.181 e. The molecule has 0 saturated heterocycles. The largest absolute Gasteiger partial charge is 0.495 e. The number of nitrogens with one attached hydrogen (secondary N) is 1. The maximum atomic E-state index is 5.57. The first-order valence-corrected chi connectivity index (χ1v) is 9.97. The molecule has 0 radical (unpaired) electrons. The third-order valence-corrected chi connectivity index (χ3v) is 5.75. The second-order valence-electron chi connectivity index (χ2n) is 7.46. The number of benzene rings is 2. The molecular formula is C22H27N5O. The van der Waals surface area contributed by atoms with Gasteiger partial charge in [0.05, 0.1) is 24.0 Å². The fourth-order valence-electron chi connectivity index (χ4n) is 4.33. The molecule has 4 rings (SSSR count). The summed E-state index contributed by atoms with van der Waals surface area (Å²) in [6.07, 6.45) is 5.19. The van der Waals surface area contributed by atoms with Crippen LogP contribution in [0, 0.1) is 6.92 Å². The Kier molecular flexibility index (Phi) is 5.03. The number of methoxy groups -OCH3 is 1. The van der Waals surface area contributed by atoms with Crippen molar-refractivity contribution in [2.45, 2.75) is 51.5 Å². The Bertz CT molecular complexity index is 959. The van der Waals surface area contributed by atoms with Gasteiger partial charge in [-0.15, -0.1) is 5.10 Å². The number of aryl methyl sites for hydroxylation is 2. The zero-order valence-corrected chi connectivity index (χ0v) is 16.8. The minimum atomic E-state index is -0.314. The fourth-order valence-corrected chi connectivity index (χ4v) is 4.33. The third-order valence-electron chi connectivity index (χ3n) is 5.75. The normalized spacial score (nSPS) is 15.5. The van der Waals surface area contributed by atoms with E-state index in [9.17, 15) is 0 Å². The van der Waals surface area contributed by atoms with Crippen LogP contribution in [0.4, 0.5) is 5.69 Å². The highest BCUT2D eigenvalue weighted by atomic mass is 16.5. The van der Waals surface area contributed by atoms with Gasteiger partial charge in [-0.1, -0.05) is 50.1 Å². The smallest absolute Gasteiger partial charge is 0.181 e. The molecule has 2 aromatic carbocycles. The van der Waals surface area contributed by atoms with E-state index < -0.39 is 0 Å². The van der Waals surface area contributed by atoms with Crippen LogP contribution < -0.4 is 10.1 Å². The second-order valence-corrected chi connectivity index (χ2v) is 7.46. The number of aromatic nitrogens is 4. The van der Waals surface area contributed by atoms with Gasteiger partial charge in [0.25, 0.3) is 0 Å². The highest BCUT2D eigenvalue weighted by Crippen LogP contribution is 2.43. The topological polar surface area (TPSA) is 64.9 Å². The van der Waals surface area contributed by atoms with E-state index >= 15 is 0 Å². The first kappa shape index (κ1) is 18.5. The van der Waals surface area contributed by atoms with E-state index in [1.165, 1.54) is 11.1 Å². The summed E-state index contributed by atoms with van der Waals surface area (Å²) in [6.45, 7) is 4.29. The van der Waals surface area contributed by atoms with Gasteiger partial charge in [0, 0.05) is 0 Å². The van der Waals surface area contributed by atoms with Gasteiger partial charge in [0.15, 0.2) is 5.82 Å². The van der Waals surface area contributed by atoms with Crippen LogP contribution in [0.3, 0.4) is 0 Å². The number of hydrogen-bond donors (Lipinski definition) is 1. The van der Waals surface area contributed by atoms with E-state index in [1.807, 2.05) is 22.9 Å². The lowest BCUT2D eigenvalue weighted by Crippen LogP contribution is -2.36. The lowest BCUT2D eigenvalue weighted by Gasteiger charge is -2.31. The number of hydrogen-bond acceptors (Lipinski definition) is 5. The molecule has 0 atom stereocenters. The van der Waals surface area contributed by atoms with Crippen molar-refractivity contribution in [1.29, 1.82) is 0 Å². The number of nitrogens with zero attached hydrogens (tertiary/aromatic N) is 4. The van der Waals surface area contributed by atoms with Gasteiger partial charge in [-0.25, -0.2) is 0 Å². The minimum absolute atomic E-state index is 0.314. The van der Waals surface area contributed by atoms with Crippen LogP contribution in [-0.4, -0.2) is 27.3 Å². The van der Waals surface area contributed by atoms with Gasteiger partial charge in [0.1, 0.15) is 5.75 Å². The van der Waals surface area contributed by atoms with Gasteiger partial charge in [0.2, 0.25) is 0 Å². The van der Waals surface area contributed by atoms with E-state index in [1.54, 1.807) is 7.11 Å².